The van der Waals surface area contributed by atoms with Crippen LogP contribution in [0.1, 0.15) is 33.5 Å². The van der Waals surface area contributed by atoms with Crippen LogP contribution in [0.2, 0.25) is 0 Å². The van der Waals surface area contributed by atoms with Gasteiger partial charge in [-0.25, -0.2) is 14.1 Å². The van der Waals surface area contributed by atoms with Crippen LogP contribution >= 0.6 is 0 Å². The second-order valence-corrected chi connectivity index (χ2v) is 7.78. The van der Waals surface area contributed by atoms with E-state index in [1.165, 1.54) is 23.1 Å². The number of amides is 2. The fourth-order valence-electron chi connectivity index (χ4n) is 3.81. The summed E-state index contributed by atoms with van der Waals surface area (Å²) >= 11 is 0. The summed E-state index contributed by atoms with van der Waals surface area (Å²) in [5.41, 5.74) is 1.99. The Morgan fingerprint density at radius 2 is 1.94 bits per heavy atom. The van der Waals surface area contributed by atoms with E-state index in [0.717, 1.165) is 5.56 Å². The molecule has 1 unspecified atom stereocenters. The molecule has 9 heteroatoms. The van der Waals surface area contributed by atoms with E-state index in [2.05, 4.69) is 10.1 Å². The molecule has 2 aromatic carbocycles. The summed E-state index contributed by atoms with van der Waals surface area (Å²) < 4.78 is 20.2. The molecule has 4 rings (SSSR count). The number of aryl methyl sites for hydroxylation is 1. The van der Waals surface area contributed by atoms with Gasteiger partial charge in [-0.1, -0.05) is 12.1 Å². The standard InChI is InChI=1S/C23H24FN5O3/c1-15-7-8-17(11-20(15)32-3)22(30)28-10-9-27(13-16(28)2)23(31)21-25-14-29(26-21)19-6-4-5-18(24)12-19/h4-8,11-12,14,16H,9-10,13H2,1-3H3. The molecule has 2 amide bonds. The first-order valence-electron chi connectivity index (χ1n) is 10.3. The Hall–Kier alpha value is -3.75. The van der Waals surface area contributed by atoms with Crippen LogP contribution < -0.4 is 4.74 Å². The molecule has 1 aliphatic heterocycles. The highest BCUT2D eigenvalue weighted by molar-refractivity contribution is 5.95. The van der Waals surface area contributed by atoms with E-state index in [1.54, 1.807) is 41.2 Å². The summed E-state index contributed by atoms with van der Waals surface area (Å²) in [6, 6.07) is 11.1. The highest BCUT2D eigenvalue weighted by atomic mass is 19.1. The van der Waals surface area contributed by atoms with Crippen molar-refractivity contribution in [3.05, 3.63) is 71.6 Å². The molecule has 32 heavy (non-hydrogen) atoms. The number of halogens is 1. The lowest BCUT2D eigenvalue weighted by Gasteiger charge is -2.39. The average molecular weight is 437 g/mol. The van der Waals surface area contributed by atoms with Crippen LogP contribution in [0.3, 0.4) is 0 Å². The largest absolute Gasteiger partial charge is 0.496 e. The Morgan fingerprint density at radius 1 is 1.12 bits per heavy atom. The minimum absolute atomic E-state index is 0.0320. The van der Waals surface area contributed by atoms with Crippen LogP contribution in [0, 0.1) is 12.7 Å². The smallest absolute Gasteiger partial charge is 0.293 e. The number of benzene rings is 2. The van der Waals surface area contributed by atoms with Gasteiger partial charge in [0.25, 0.3) is 11.8 Å². The second kappa shape index (κ2) is 8.78. The molecule has 0 aliphatic carbocycles. The van der Waals surface area contributed by atoms with Gasteiger partial charge in [0.05, 0.1) is 12.8 Å². The van der Waals surface area contributed by atoms with Crippen molar-refractivity contribution in [3.63, 3.8) is 0 Å². The van der Waals surface area contributed by atoms with Crippen LogP contribution in [0.5, 0.6) is 5.75 Å². The van der Waals surface area contributed by atoms with Crippen molar-refractivity contribution in [1.82, 2.24) is 24.6 Å². The first kappa shape index (κ1) is 21.5. The lowest BCUT2D eigenvalue weighted by Crippen LogP contribution is -2.55. The Balaban J connectivity index is 1.44. The molecule has 0 spiro atoms. The molecule has 0 saturated carbocycles. The fraction of sp³-hybridized carbons (Fsp3) is 0.304. The van der Waals surface area contributed by atoms with Crippen LogP contribution in [-0.2, 0) is 0 Å². The van der Waals surface area contributed by atoms with Crippen LogP contribution in [0.25, 0.3) is 5.69 Å². The topological polar surface area (TPSA) is 80.6 Å². The van der Waals surface area contributed by atoms with Gasteiger partial charge in [-0.15, -0.1) is 5.10 Å². The van der Waals surface area contributed by atoms with Gasteiger partial charge in [0.1, 0.15) is 17.9 Å². The predicted molar refractivity (Wildman–Crippen MR) is 115 cm³/mol. The van der Waals surface area contributed by atoms with Crippen molar-refractivity contribution < 1.29 is 18.7 Å². The van der Waals surface area contributed by atoms with Gasteiger partial charge in [-0.05, 0) is 49.7 Å². The number of ether oxygens (including phenoxy) is 1. The van der Waals surface area contributed by atoms with Crippen molar-refractivity contribution in [2.24, 2.45) is 0 Å². The summed E-state index contributed by atoms with van der Waals surface area (Å²) in [6.07, 6.45) is 1.38. The summed E-state index contributed by atoms with van der Waals surface area (Å²) in [7, 11) is 1.58. The Bertz CT molecular complexity index is 1160. The van der Waals surface area contributed by atoms with Gasteiger partial charge in [0, 0.05) is 31.2 Å². The van der Waals surface area contributed by atoms with Gasteiger partial charge in [-0.2, -0.15) is 0 Å². The third-order valence-corrected chi connectivity index (χ3v) is 5.59. The maximum atomic E-state index is 13.5. The molecule has 166 valence electrons. The Morgan fingerprint density at radius 3 is 2.66 bits per heavy atom. The van der Waals surface area contributed by atoms with E-state index in [0.29, 0.717) is 36.6 Å². The number of rotatable bonds is 4. The van der Waals surface area contributed by atoms with E-state index < -0.39 is 5.82 Å². The normalized spacial score (nSPS) is 16.2. The van der Waals surface area contributed by atoms with Crippen molar-refractivity contribution in [3.8, 4) is 11.4 Å². The lowest BCUT2D eigenvalue weighted by molar-refractivity contribution is 0.0408. The predicted octanol–water partition coefficient (Wildman–Crippen LogP) is 2.71. The van der Waals surface area contributed by atoms with Gasteiger partial charge < -0.3 is 14.5 Å². The zero-order valence-electron chi connectivity index (χ0n) is 18.2. The van der Waals surface area contributed by atoms with Crippen LogP contribution in [0.4, 0.5) is 4.39 Å². The number of methoxy groups -OCH3 is 1. The molecular weight excluding hydrogens is 413 g/mol. The van der Waals surface area contributed by atoms with Gasteiger partial charge in [0.15, 0.2) is 0 Å². The van der Waals surface area contributed by atoms with E-state index in [4.69, 9.17) is 4.74 Å². The average Bonchev–Trinajstić information content (AvgIpc) is 3.29. The first-order chi connectivity index (χ1) is 15.4. The van der Waals surface area contributed by atoms with Crippen molar-refractivity contribution >= 4 is 11.8 Å². The van der Waals surface area contributed by atoms with Crippen LogP contribution in [-0.4, -0.2) is 69.2 Å². The molecule has 2 heterocycles. The number of carbonyl (C=O) groups is 2. The quantitative estimate of drug-likeness (QED) is 0.627. The Kier molecular flexibility index (Phi) is 5.89. The van der Waals surface area contributed by atoms with Crippen molar-refractivity contribution in [1.29, 1.82) is 0 Å². The van der Waals surface area contributed by atoms with E-state index in [9.17, 15) is 14.0 Å². The van der Waals surface area contributed by atoms with Crippen LogP contribution in [0.15, 0.2) is 48.8 Å². The minimum Gasteiger partial charge on any atom is -0.496 e. The van der Waals surface area contributed by atoms with E-state index >= 15 is 0 Å². The molecule has 1 atom stereocenters. The molecular formula is C23H24FN5O3. The maximum absolute atomic E-state index is 13.5. The fourth-order valence-corrected chi connectivity index (χ4v) is 3.81. The SMILES string of the molecule is COc1cc(C(=O)N2CCN(C(=O)c3ncn(-c4cccc(F)c4)n3)CC2C)ccc1C. The zero-order chi connectivity index (χ0) is 22.8. The number of hydrogen-bond donors (Lipinski definition) is 0. The highest BCUT2D eigenvalue weighted by Gasteiger charge is 2.32. The molecule has 0 radical (unpaired) electrons. The monoisotopic (exact) mass is 437 g/mol. The minimum atomic E-state index is -0.397. The third kappa shape index (κ3) is 4.18. The van der Waals surface area contributed by atoms with Crippen molar-refractivity contribution in [2.75, 3.05) is 26.7 Å². The molecule has 8 nitrogen and oxygen atoms in total. The molecule has 0 N–H and O–H groups in total. The third-order valence-electron chi connectivity index (χ3n) is 5.59. The van der Waals surface area contributed by atoms with E-state index in [-0.39, 0.29) is 23.7 Å². The highest BCUT2D eigenvalue weighted by Crippen LogP contribution is 2.22. The first-order valence-corrected chi connectivity index (χ1v) is 10.3. The lowest BCUT2D eigenvalue weighted by atomic mass is 10.1. The Labute approximate surface area is 185 Å². The summed E-state index contributed by atoms with van der Waals surface area (Å²) in [5, 5.41) is 4.20. The summed E-state index contributed by atoms with van der Waals surface area (Å²) in [5.74, 6) is -0.124. The molecule has 1 fully saturated rings. The van der Waals surface area contributed by atoms with Gasteiger partial charge in [0.2, 0.25) is 5.82 Å². The molecule has 1 saturated heterocycles. The number of piperazine rings is 1. The van der Waals surface area contributed by atoms with Crippen molar-refractivity contribution in [2.45, 2.75) is 19.9 Å². The van der Waals surface area contributed by atoms with Gasteiger partial charge in [-0.3, -0.25) is 9.59 Å². The maximum Gasteiger partial charge on any atom is 0.293 e. The molecule has 3 aromatic rings. The zero-order valence-corrected chi connectivity index (χ0v) is 18.2. The molecule has 1 aromatic heterocycles. The van der Waals surface area contributed by atoms with E-state index in [1.807, 2.05) is 19.9 Å². The number of hydrogen-bond acceptors (Lipinski definition) is 5. The number of carbonyl (C=O) groups excluding carboxylic acids is 2. The summed E-state index contributed by atoms with van der Waals surface area (Å²) in [6.45, 7) is 4.95. The second-order valence-electron chi connectivity index (χ2n) is 7.78. The summed E-state index contributed by atoms with van der Waals surface area (Å²) in [4.78, 5) is 33.4. The number of nitrogens with zero attached hydrogens (tertiary/aromatic N) is 5. The molecule has 0 bridgehead atoms. The molecule has 1 aliphatic rings. The number of aromatic nitrogens is 3. The van der Waals surface area contributed by atoms with Gasteiger partial charge >= 0.3 is 0 Å².